The Kier molecular flexibility index (Phi) is 24.2. The third-order valence-corrected chi connectivity index (χ3v) is 29.6. The summed E-state index contributed by atoms with van der Waals surface area (Å²) in [5, 5.41) is 7.84. The van der Waals surface area contributed by atoms with Crippen molar-refractivity contribution in [1.82, 2.24) is 44.9 Å². The number of fused-ring (bicyclic) bond motifs is 14. The van der Waals surface area contributed by atoms with Crippen LogP contribution >= 0.6 is 0 Å². The molecule has 704 valence electrons. The standard InChI is InChI=1S/2C46H33N3.C28H21N3.C19H16/c1-46(2)41-22-10-9-21-39(41)40-26-24-36-28-35(23-25-38(36)42(40)46)33-18-11-17-32(27-33)34-19-12-20-37(29-34)45-48-43(30-13-5-3-6-14-30)47-44(49-45)31-15-7-4-8-16-31;1-46(2)41-26-12-11-23-38(41)40-28-27-37-36(24-14-25-39(37)42(40)46)35-22-10-9-21-34(35)32-19-13-20-33(29-32)45-48-43(30-15-5-3-6-16-30)47-44(49-45)31-17-7-4-8-18-31;1-20-12-8-9-17-23(20)24-18-10-11-19-25(24)28-30-26(21-13-4-2-5-14-21)29-27(31-28)22-15-6-3-7-16-22;1-19(2)17-10-6-5-9-15(17)16-11-13-7-3-4-8-14(13)12-18(16)19/h2*3-29H,1-2H3;2-19H,1H3;3-12H,1-2H3. The molecule has 0 unspecified atom stereocenters. The summed E-state index contributed by atoms with van der Waals surface area (Å²) in [6.45, 7) is 16.2. The Balaban J connectivity index is 0.000000111. The maximum absolute atomic E-state index is 5.00. The first-order valence-corrected chi connectivity index (χ1v) is 50.7. The van der Waals surface area contributed by atoms with Gasteiger partial charge in [-0.1, -0.05) is 503 Å². The second-order valence-corrected chi connectivity index (χ2v) is 39.8. The SMILES string of the molecule is CC1(C)c2ccccc2-c2cc3ccccc3cc21.CC1(C)c2ccccc2-c2ccc3c(-c4ccccc4-c4cccc(-c5nc(-c6ccccc6)nc(-c6ccccc6)n5)c4)cccc3c21.CC1(C)c2ccccc2-c2ccc3cc(-c4cccc(-c5cccc(-c6nc(-c7ccccc7)nc(-c7ccccc7)n6)c5)c4)ccc3c21.Cc1ccccc1-c1ccccc1-c1nc(-c2ccccc2)nc(-c2ccccc2)n1. The molecule has 0 bridgehead atoms. The zero-order valence-corrected chi connectivity index (χ0v) is 83.4. The monoisotopic (exact) mass is 1900 g/mol. The van der Waals surface area contributed by atoms with Crippen molar-refractivity contribution < 1.29 is 0 Å². The van der Waals surface area contributed by atoms with Crippen LogP contribution in [0.3, 0.4) is 0 Å². The minimum atomic E-state index is -0.0837. The molecule has 9 nitrogen and oxygen atoms in total. The molecule has 0 fully saturated rings. The largest absolute Gasteiger partial charge is 0.208 e. The highest BCUT2D eigenvalue weighted by atomic mass is 15.1. The Morgan fingerprint density at radius 3 is 0.878 bits per heavy atom. The summed E-state index contributed by atoms with van der Waals surface area (Å²) in [5.41, 5.74) is 38.2. The van der Waals surface area contributed by atoms with E-state index in [2.05, 4.69) is 358 Å². The fourth-order valence-corrected chi connectivity index (χ4v) is 22.2. The van der Waals surface area contributed by atoms with E-state index in [-0.39, 0.29) is 16.2 Å². The van der Waals surface area contributed by atoms with Crippen LogP contribution in [-0.4, -0.2) is 44.9 Å². The molecule has 0 saturated heterocycles. The minimum Gasteiger partial charge on any atom is -0.208 e. The van der Waals surface area contributed by atoms with Crippen molar-refractivity contribution in [3.05, 3.63) is 536 Å². The first-order chi connectivity index (χ1) is 72.6. The van der Waals surface area contributed by atoms with E-state index in [1.54, 1.807) is 0 Å². The number of hydrogen-bond donors (Lipinski definition) is 0. The van der Waals surface area contributed by atoms with Gasteiger partial charge in [-0.15, -0.1) is 0 Å². The van der Waals surface area contributed by atoms with Gasteiger partial charge in [0.2, 0.25) is 0 Å². The van der Waals surface area contributed by atoms with Gasteiger partial charge in [0.15, 0.2) is 52.4 Å². The molecule has 0 N–H and O–H groups in total. The third kappa shape index (κ3) is 17.5. The highest BCUT2D eigenvalue weighted by molar-refractivity contribution is 6.07. The topological polar surface area (TPSA) is 116 Å². The molecule has 21 aromatic carbocycles. The van der Waals surface area contributed by atoms with Crippen molar-refractivity contribution in [3.63, 3.8) is 0 Å². The molecule has 27 rings (SSSR count). The summed E-state index contributed by atoms with van der Waals surface area (Å²) in [7, 11) is 0. The molecular formula is C139H103N9. The normalized spacial score (nSPS) is 12.7. The molecule has 3 aliphatic carbocycles. The van der Waals surface area contributed by atoms with Crippen molar-refractivity contribution in [2.45, 2.75) is 64.7 Å². The molecule has 3 aliphatic rings. The fourth-order valence-electron chi connectivity index (χ4n) is 22.2. The van der Waals surface area contributed by atoms with Crippen LogP contribution in [-0.2, 0) is 16.2 Å². The zero-order chi connectivity index (χ0) is 100.0. The lowest BCUT2D eigenvalue weighted by Crippen LogP contribution is -2.15. The summed E-state index contributed by atoms with van der Waals surface area (Å²) in [6, 6.07) is 175. The molecule has 9 heteroatoms. The van der Waals surface area contributed by atoms with Crippen LogP contribution in [0.15, 0.2) is 497 Å². The van der Waals surface area contributed by atoms with Crippen molar-refractivity contribution in [2.75, 3.05) is 0 Å². The van der Waals surface area contributed by atoms with E-state index in [9.17, 15) is 0 Å². The lowest BCUT2D eigenvalue weighted by Gasteiger charge is -2.24. The summed E-state index contributed by atoms with van der Waals surface area (Å²) in [5.74, 6) is 5.94. The summed E-state index contributed by atoms with van der Waals surface area (Å²) in [4.78, 5) is 44.2. The van der Waals surface area contributed by atoms with E-state index in [0.717, 1.165) is 72.3 Å². The van der Waals surface area contributed by atoms with Gasteiger partial charge in [-0.3, -0.25) is 0 Å². The van der Waals surface area contributed by atoms with Gasteiger partial charge in [-0.05, 0) is 204 Å². The van der Waals surface area contributed by atoms with Crippen molar-refractivity contribution in [2.24, 2.45) is 0 Å². The van der Waals surface area contributed by atoms with Gasteiger partial charge in [-0.25, -0.2) is 44.9 Å². The molecule has 0 radical (unpaired) electrons. The third-order valence-electron chi connectivity index (χ3n) is 29.6. The van der Waals surface area contributed by atoms with Gasteiger partial charge < -0.3 is 0 Å². The second kappa shape index (κ2) is 38.9. The molecule has 3 aromatic heterocycles. The predicted octanol–water partition coefficient (Wildman–Crippen LogP) is 35.3. The lowest BCUT2D eigenvalue weighted by molar-refractivity contribution is 0.661. The Bertz CT molecular complexity index is 9010. The second-order valence-electron chi connectivity index (χ2n) is 39.8. The first-order valence-electron chi connectivity index (χ1n) is 50.7. The van der Waals surface area contributed by atoms with E-state index in [1.165, 1.54) is 138 Å². The van der Waals surface area contributed by atoms with E-state index in [1.807, 2.05) is 188 Å². The minimum absolute atomic E-state index is 0.0415. The molecule has 0 spiro atoms. The van der Waals surface area contributed by atoms with Gasteiger partial charge in [0.05, 0.1) is 0 Å². The Labute approximate surface area is 863 Å². The molecule has 148 heavy (non-hydrogen) atoms. The molecule has 24 aromatic rings. The molecule has 0 saturated carbocycles. The highest BCUT2D eigenvalue weighted by Crippen LogP contribution is 2.56. The maximum atomic E-state index is 5.00. The molecule has 0 amide bonds. The van der Waals surface area contributed by atoms with Crippen LogP contribution in [0.1, 0.15) is 80.5 Å². The average molecular weight is 1900 g/mol. The lowest BCUT2D eigenvalue weighted by atomic mass is 9.79. The highest BCUT2D eigenvalue weighted by Gasteiger charge is 2.40. The maximum Gasteiger partial charge on any atom is 0.164 e. The van der Waals surface area contributed by atoms with E-state index >= 15 is 0 Å². The summed E-state index contributed by atoms with van der Waals surface area (Å²) >= 11 is 0. The summed E-state index contributed by atoms with van der Waals surface area (Å²) in [6.07, 6.45) is 0. The summed E-state index contributed by atoms with van der Waals surface area (Å²) < 4.78 is 0. The van der Waals surface area contributed by atoms with Gasteiger partial charge in [0, 0.05) is 66.3 Å². The zero-order valence-electron chi connectivity index (χ0n) is 83.4. The first kappa shape index (κ1) is 91.9. The number of hydrogen-bond acceptors (Lipinski definition) is 9. The van der Waals surface area contributed by atoms with E-state index in [4.69, 9.17) is 44.9 Å². The smallest absolute Gasteiger partial charge is 0.164 e. The predicted molar refractivity (Wildman–Crippen MR) is 612 cm³/mol. The van der Waals surface area contributed by atoms with Gasteiger partial charge in [0.1, 0.15) is 0 Å². The van der Waals surface area contributed by atoms with Crippen molar-refractivity contribution in [1.29, 1.82) is 0 Å². The Hall–Kier alpha value is -18.6. The molecule has 3 heterocycles. The quantitative estimate of drug-likeness (QED) is 0.105. The molecule has 0 atom stereocenters. The van der Waals surface area contributed by atoms with Gasteiger partial charge >= 0.3 is 0 Å². The number of nitrogens with zero attached hydrogens (tertiary/aromatic N) is 9. The van der Waals surface area contributed by atoms with Crippen LogP contribution in [0.2, 0.25) is 0 Å². The van der Waals surface area contributed by atoms with Crippen LogP contribution in [0.5, 0.6) is 0 Å². The van der Waals surface area contributed by atoms with Crippen molar-refractivity contribution >= 4 is 32.3 Å². The number of rotatable bonds is 14. The Morgan fingerprint density at radius 2 is 0.426 bits per heavy atom. The number of benzene rings is 21. The number of aromatic nitrogens is 9. The number of aryl methyl sites for hydroxylation is 1. The molecular weight excluding hydrogens is 1800 g/mol. The van der Waals surface area contributed by atoms with E-state index in [0.29, 0.717) is 52.4 Å². The van der Waals surface area contributed by atoms with E-state index < -0.39 is 0 Å². The van der Waals surface area contributed by atoms with Gasteiger partial charge in [-0.2, -0.15) is 0 Å². The van der Waals surface area contributed by atoms with Crippen LogP contribution in [0.25, 0.3) is 224 Å². The Morgan fingerprint density at radius 1 is 0.135 bits per heavy atom. The van der Waals surface area contributed by atoms with Crippen LogP contribution < -0.4 is 0 Å². The van der Waals surface area contributed by atoms with Gasteiger partial charge in [0.25, 0.3) is 0 Å². The fraction of sp³-hybridized carbons (Fsp3) is 0.0719. The molecule has 0 aliphatic heterocycles. The average Bonchev–Trinajstić information content (AvgIpc) is 1.54. The van der Waals surface area contributed by atoms with Crippen LogP contribution in [0, 0.1) is 6.92 Å². The van der Waals surface area contributed by atoms with Crippen LogP contribution in [0.4, 0.5) is 0 Å². The van der Waals surface area contributed by atoms with Crippen molar-refractivity contribution in [3.8, 4) is 192 Å².